The lowest BCUT2D eigenvalue weighted by molar-refractivity contribution is 0.414. The number of aromatic nitrogens is 1. The van der Waals surface area contributed by atoms with Gasteiger partial charge in [0.25, 0.3) is 0 Å². The van der Waals surface area contributed by atoms with Crippen molar-refractivity contribution in [2.75, 3.05) is 7.11 Å². The van der Waals surface area contributed by atoms with Gasteiger partial charge >= 0.3 is 0 Å². The average Bonchev–Trinajstić information content (AvgIpc) is 3.05. The van der Waals surface area contributed by atoms with Crippen LogP contribution in [-0.4, -0.2) is 12.3 Å². The number of hydrogen-bond donors (Lipinski definition) is 1. The van der Waals surface area contributed by atoms with Crippen molar-refractivity contribution >= 4 is 0 Å². The molecule has 1 aromatic heterocycles. The minimum Gasteiger partial charge on any atom is -0.497 e. The lowest BCUT2D eigenvalue weighted by Gasteiger charge is -1.99. The summed E-state index contributed by atoms with van der Waals surface area (Å²) in [5, 5.41) is 4.12. The molecule has 0 spiro atoms. The predicted molar refractivity (Wildman–Crippen MR) is 81.8 cm³/mol. The fraction of sp³-hybridized carbons (Fsp3) is 0.118. The van der Waals surface area contributed by atoms with Gasteiger partial charge in [0, 0.05) is 23.7 Å². The molecular weight excluding hydrogens is 264 g/mol. The van der Waals surface area contributed by atoms with Gasteiger partial charge in [0.15, 0.2) is 5.76 Å². The first kappa shape index (κ1) is 13.4. The van der Waals surface area contributed by atoms with Gasteiger partial charge in [-0.1, -0.05) is 29.4 Å². The van der Waals surface area contributed by atoms with Gasteiger partial charge in [0.2, 0.25) is 0 Å². The van der Waals surface area contributed by atoms with E-state index >= 15 is 0 Å². The van der Waals surface area contributed by atoms with Gasteiger partial charge in [-0.05, 0) is 29.8 Å². The van der Waals surface area contributed by atoms with E-state index in [4.69, 9.17) is 15.0 Å². The highest BCUT2D eigenvalue weighted by Gasteiger charge is 2.08. The molecule has 106 valence electrons. The molecule has 0 bridgehead atoms. The molecule has 4 nitrogen and oxygen atoms in total. The van der Waals surface area contributed by atoms with E-state index in [0.717, 1.165) is 33.9 Å². The van der Waals surface area contributed by atoms with Gasteiger partial charge in [0.1, 0.15) is 11.4 Å². The number of nitrogens with two attached hydrogens (primary N) is 1. The van der Waals surface area contributed by atoms with Crippen LogP contribution in [0.4, 0.5) is 0 Å². The number of ether oxygens (including phenoxy) is 1. The molecule has 0 unspecified atom stereocenters. The molecule has 0 saturated heterocycles. The standard InChI is InChI=1S/C17H16N2O2/c1-20-15-8-6-14(7-9-15)17-10-16(19-21-17)13-4-2-12(11-18)3-5-13/h2-10H,11,18H2,1H3. The third kappa shape index (κ3) is 2.80. The first-order valence-corrected chi connectivity index (χ1v) is 6.70. The summed E-state index contributed by atoms with van der Waals surface area (Å²) in [6, 6.07) is 17.6. The zero-order valence-corrected chi connectivity index (χ0v) is 11.7. The summed E-state index contributed by atoms with van der Waals surface area (Å²) in [5.41, 5.74) is 9.48. The topological polar surface area (TPSA) is 61.3 Å². The molecule has 3 aromatic rings. The lowest BCUT2D eigenvalue weighted by atomic mass is 10.1. The highest BCUT2D eigenvalue weighted by atomic mass is 16.5. The summed E-state index contributed by atoms with van der Waals surface area (Å²) in [6.07, 6.45) is 0. The van der Waals surface area contributed by atoms with Gasteiger partial charge in [-0.15, -0.1) is 0 Å². The van der Waals surface area contributed by atoms with Crippen molar-refractivity contribution in [1.82, 2.24) is 5.16 Å². The summed E-state index contributed by atoms with van der Waals surface area (Å²) >= 11 is 0. The molecule has 3 rings (SSSR count). The normalized spacial score (nSPS) is 10.6. The summed E-state index contributed by atoms with van der Waals surface area (Å²) in [7, 11) is 1.65. The molecule has 2 N–H and O–H groups in total. The molecule has 0 saturated carbocycles. The second-order valence-electron chi connectivity index (χ2n) is 4.71. The Kier molecular flexibility index (Phi) is 3.71. The smallest absolute Gasteiger partial charge is 0.167 e. The molecule has 21 heavy (non-hydrogen) atoms. The quantitative estimate of drug-likeness (QED) is 0.794. The van der Waals surface area contributed by atoms with E-state index in [-0.39, 0.29) is 0 Å². The third-order valence-electron chi connectivity index (χ3n) is 3.37. The zero-order valence-electron chi connectivity index (χ0n) is 11.7. The predicted octanol–water partition coefficient (Wildman–Crippen LogP) is 3.48. The van der Waals surface area contributed by atoms with Gasteiger partial charge in [0.05, 0.1) is 7.11 Å². The largest absolute Gasteiger partial charge is 0.497 e. The fourth-order valence-corrected chi connectivity index (χ4v) is 2.11. The number of rotatable bonds is 4. The lowest BCUT2D eigenvalue weighted by Crippen LogP contribution is -1.95. The van der Waals surface area contributed by atoms with Crippen LogP contribution in [0.3, 0.4) is 0 Å². The number of benzene rings is 2. The van der Waals surface area contributed by atoms with Crippen molar-refractivity contribution in [3.05, 3.63) is 60.2 Å². The van der Waals surface area contributed by atoms with Crippen molar-refractivity contribution in [2.24, 2.45) is 5.73 Å². The van der Waals surface area contributed by atoms with Crippen LogP contribution in [0, 0.1) is 0 Å². The first-order chi connectivity index (χ1) is 10.3. The Bertz CT molecular complexity index is 653. The SMILES string of the molecule is COc1ccc(-c2cc(-c3ccc(CN)cc3)no2)cc1. The van der Waals surface area contributed by atoms with Crippen LogP contribution in [0.2, 0.25) is 0 Å². The summed E-state index contributed by atoms with van der Waals surface area (Å²) in [5.74, 6) is 1.55. The number of hydrogen-bond acceptors (Lipinski definition) is 4. The summed E-state index contributed by atoms with van der Waals surface area (Å²) in [6.45, 7) is 0.538. The van der Waals surface area contributed by atoms with E-state index in [0.29, 0.717) is 6.54 Å². The van der Waals surface area contributed by atoms with Crippen LogP contribution in [-0.2, 0) is 6.54 Å². The third-order valence-corrected chi connectivity index (χ3v) is 3.37. The minimum atomic E-state index is 0.538. The molecule has 0 radical (unpaired) electrons. The highest BCUT2D eigenvalue weighted by molar-refractivity contribution is 5.67. The van der Waals surface area contributed by atoms with E-state index in [1.54, 1.807) is 7.11 Å². The maximum atomic E-state index is 5.60. The monoisotopic (exact) mass is 280 g/mol. The van der Waals surface area contributed by atoms with E-state index in [9.17, 15) is 0 Å². The Balaban J connectivity index is 1.87. The molecule has 2 aromatic carbocycles. The molecule has 0 atom stereocenters. The Morgan fingerprint density at radius 1 is 1.00 bits per heavy atom. The summed E-state index contributed by atoms with van der Waals surface area (Å²) in [4.78, 5) is 0. The maximum Gasteiger partial charge on any atom is 0.167 e. The van der Waals surface area contributed by atoms with Gasteiger partial charge in [-0.2, -0.15) is 0 Å². The molecule has 0 fully saturated rings. The van der Waals surface area contributed by atoms with Crippen LogP contribution in [0.1, 0.15) is 5.56 Å². The maximum absolute atomic E-state index is 5.60. The van der Waals surface area contributed by atoms with Gasteiger partial charge in [-0.25, -0.2) is 0 Å². The first-order valence-electron chi connectivity index (χ1n) is 6.70. The van der Waals surface area contributed by atoms with E-state index in [2.05, 4.69) is 5.16 Å². The fourth-order valence-electron chi connectivity index (χ4n) is 2.11. The van der Waals surface area contributed by atoms with Crippen molar-refractivity contribution < 1.29 is 9.26 Å². The van der Waals surface area contributed by atoms with Crippen molar-refractivity contribution in [2.45, 2.75) is 6.54 Å². The van der Waals surface area contributed by atoms with Crippen LogP contribution >= 0.6 is 0 Å². The summed E-state index contributed by atoms with van der Waals surface area (Å²) < 4.78 is 10.6. The molecule has 4 heteroatoms. The molecule has 0 aliphatic heterocycles. The molecule has 0 aliphatic carbocycles. The van der Waals surface area contributed by atoms with E-state index < -0.39 is 0 Å². The van der Waals surface area contributed by atoms with Crippen molar-refractivity contribution in [1.29, 1.82) is 0 Å². The zero-order chi connectivity index (χ0) is 14.7. The molecule has 0 aliphatic rings. The highest BCUT2D eigenvalue weighted by Crippen LogP contribution is 2.27. The molecule has 0 amide bonds. The van der Waals surface area contributed by atoms with Crippen molar-refractivity contribution in [3.8, 4) is 28.3 Å². The van der Waals surface area contributed by atoms with Crippen LogP contribution < -0.4 is 10.5 Å². The Hall–Kier alpha value is -2.59. The molecule has 1 heterocycles. The Labute approximate surface area is 123 Å². The minimum absolute atomic E-state index is 0.538. The second kappa shape index (κ2) is 5.81. The van der Waals surface area contributed by atoms with Crippen LogP contribution in [0.25, 0.3) is 22.6 Å². The van der Waals surface area contributed by atoms with Crippen molar-refractivity contribution in [3.63, 3.8) is 0 Å². The van der Waals surface area contributed by atoms with Gasteiger partial charge in [-0.3, -0.25) is 0 Å². The van der Waals surface area contributed by atoms with E-state index in [1.165, 1.54) is 0 Å². The van der Waals surface area contributed by atoms with Crippen LogP contribution in [0.15, 0.2) is 59.1 Å². The number of methoxy groups -OCH3 is 1. The van der Waals surface area contributed by atoms with E-state index in [1.807, 2.05) is 54.6 Å². The van der Waals surface area contributed by atoms with Crippen LogP contribution in [0.5, 0.6) is 5.75 Å². The molecular formula is C17H16N2O2. The Morgan fingerprint density at radius 2 is 1.67 bits per heavy atom. The average molecular weight is 280 g/mol. The Morgan fingerprint density at radius 3 is 2.29 bits per heavy atom. The number of nitrogens with zero attached hydrogens (tertiary/aromatic N) is 1. The van der Waals surface area contributed by atoms with Gasteiger partial charge < -0.3 is 15.0 Å². The second-order valence-corrected chi connectivity index (χ2v) is 4.71.